The average Bonchev–Trinajstić information content (AvgIpc) is 3.30. The van der Waals surface area contributed by atoms with Crippen LogP contribution in [0, 0.1) is 0 Å². The number of amides is 1. The number of carbonyl (C=O) groups excluding carboxylic acids is 1. The first-order valence-corrected chi connectivity index (χ1v) is 15.6. The van der Waals surface area contributed by atoms with E-state index in [4.69, 9.17) is 32.4 Å². The van der Waals surface area contributed by atoms with E-state index in [1.807, 2.05) is 24.3 Å². The zero-order valence-electron chi connectivity index (χ0n) is 21.6. The number of nitrogens with zero attached hydrogens (tertiary/aromatic N) is 2. The Morgan fingerprint density at radius 1 is 0.762 bits per heavy atom. The first-order valence-electron chi connectivity index (χ1n) is 12.6. The minimum absolute atomic E-state index is 0.0226. The van der Waals surface area contributed by atoms with Crippen LogP contribution in [-0.4, -0.2) is 19.5 Å². The predicted molar refractivity (Wildman–Crippen MR) is 171 cm³/mol. The van der Waals surface area contributed by atoms with Crippen molar-refractivity contribution in [3.8, 4) is 5.75 Å². The van der Waals surface area contributed by atoms with Gasteiger partial charge in [-0.05, 0) is 95.3 Å². The number of amidine groups is 1. The van der Waals surface area contributed by atoms with E-state index in [-0.39, 0.29) is 16.6 Å². The number of halogens is 2. The molecule has 0 aliphatic carbocycles. The summed E-state index contributed by atoms with van der Waals surface area (Å²) in [5.74, 6) is -0.237. The molecule has 0 aromatic heterocycles. The molecule has 208 valence electrons. The van der Waals surface area contributed by atoms with Gasteiger partial charge < -0.3 is 4.18 Å². The summed E-state index contributed by atoms with van der Waals surface area (Å²) in [4.78, 5) is 20.5. The lowest BCUT2D eigenvalue weighted by Gasteiger charge is -2.16. The fraction of sp³-hybridized carbons (Fsp3) is 0. The lowest BCUT2D eigenvalue weighted by atomic mass is 10.0. The Labute approximate surface area is 257 Å². The Morgan fingerprint density at radius 2 is 1.40 bits per heavy atom. The van der Waals surface area contributed by atoms with Gasteiger partial charge in [-0.25, -0.2) is 4.99 Å². The standard InChI is InChI=1S/C32H20Cl2N2O4S2/c33-22-11-15-24(16-12-22)35-32-36(25-17-13-23(34)14-18-25)31(37)30(41-32)20-28-27-9-5-4-6-21(27)10-19-29(28)40-42(38,39)26-7-2-1-3-8-26/h1-20H/b30-20-,35-32?. The average molecular weight is 632 g/mol. The third-order valence-corrected chi connectivity index (χ3v) is 9.10. The summed E-state index contributed by atoms with van der Waals surface area (Å²) in [5.41, 5.74) is 1.64. The molecule has 42 heavy (non-hydrogen) atoms. The van der Waals surface area contributed by atoms with E-state index in [1.165, 1.54) is 28.8 Å². The lowest BCUT2D eigenvalue weighted by Crippen LogP contribution is -2.28. The molecule has 1 aliphatic rings. The van der Waals surface area contributed by atoms with Crippen molar-refractivity contribution in [3.63, 3.8) is 0 Å². The zero-order valence-corrected chi connectivity index (χ0v) is 24.8. The van der Waals surface area contributed by atoms with Gasteiger partial charge in [-0.15, -0.1) is 0 Å². The van der Waals surface area contributed by atoms with Gasteiger partial charge in [0, 0.05) is 15.6 Å². The van der Waals surface area contributed by atoms with Crippen LogP contribution in [0.5, 0.6) is 5.75 Å². The number of hydrogen-bond acceptors (Lipinski definition) is 6. The Morgan fingerprint density at radius 3 is 2.12 bits per heavy atom. The smallest absolute Gasteiger partial charge is 0.339 e. The number of carbonyl (C=O) groups is 1. The zero-order chi connectivity index (χ0) is 29.3. The monoisotopic (exact) mass is 630 g/mol. The van der Waals surface area contributed by atoms with Crippen LogP contribution in [0.3, 0.4) is 0 Å². The molecule has 5 aromatic rings. The van der Waals surface area contributed by atoms with Crippen LogP contribution in [-0.2, 0) is 14.9 Å². The van der Waals surface area contributed by atoms with Crippen LogP contribution < -0.4 is 9.08 Å². The van der Waals surface area contributed by atoms with Crippen molar-refractivity contribution in [1.82, 2.24) is 0 Å². The second-order valence-electron chi connectivity index (χ2n) is 9.15. The van der Waals surface area contributed by atoms with Crippen molar-refractivity contribution in [2.24, 2.45) is 4.99 Å². The Kier molecular flexibility index (Phi) is 7.79. The van der Waals surface area contributed by atoms with Gasteiger partial charge >= 0.3 is 10.1 Å². The highest BCUT2D eigenvalue weighted by atomic mass is 35.5. The molecule has 0 spiro atoms. The number of benzene rings is 5. The molecule has 0 saturated carbocycles. The van der Waals surface area contributed by atoms with Crippen LogP contribution in [0.15, 0.2) is 130 Å². The molecule has 1 fully saturated rings. The highest BCUT2D eigenvalue weighted by Gasteiger charge is 2.35. The molecule has 1 saturated heterocycles. The number of thioether (sulfide) groups is 1. The predicted octanol–water partition coefficient (Wildman–Crippen LogP) is 8.72. The summed E-state index contributed by atoms with van der Waals surface area (Å²) < 4.78 is 32.0. The van der Waals surface area contributed by atoms with E-state index in [2.05, 4.69) is 0 Å². The molecule has 10 heteroatoms. The van der Waals surface area contributed by atoms with Crippen molar-refractivity contribution in [3.05, 3.63) is 136 Å². The summed E-state index contributed by atoms with van der Waals surface area (Å²) in [5, 5.41) is 3.09. The minimum Gasteiger partial charge on any atom is -0.378 e. The maximum atomic E-state index is 13.9. The Bertz CT molecular complexity index is 1980. The fourth-order valence-electron chi connectivity index (χ4n) is 4.37. The lowest BCUT2D eigenvalue weighted by molar-refractivity contribution is -0.113. The maximum Gasteiger partial charge on any atom is 0.339 e. The van der Waals surface area contributed by atoms with Crippen molar-refractivity contribution in [1.29, 1.82) is 0 Å². The van der Waals surface area contributed by atoms with Gasteiger partial charge in [-0.3, -0.25) is 9.69 Å². The molecule has 5 aromatic carbocycles. The molecule has 1 amide bonds. The van der Waals surface area contributed by atoms with Crippen molar-refractivity contribution < 1.29 is 17.4 Å². The molecule has 1 aliphatic heterocycles. The third-order valence-electron chi connectivity index (χ3n) is 6.38. The molecule has 0 atom stereocenters. The van der Waals surface area contributed by atoms with Crippen molar-refractivity contribution in [2.45, 2.75) is 4.90 Å². The van der Waals surface area contributed by atoms with Crippen LogP contribution >= 0.6 is 35.0 Å². The molecule has 0 N–H and O–H groups in total. The molecular weight excluding hydrogens is 611 g/mol. The number of anilines is 1. The van der Waals surface area contributed by atoms with Gasteiger partial charge in [0.15, 0.2) is 10.9 Å². The van der Waals surface area contributed by atoms with Gasteiger partial charge in [0.05, 0.1) is 16.3 Å². The Hall–Kier alpha value is -4.08. The molecule has 6 rings (SSSR count). The topological polar surface area (TPSA) is 76.0 Å². The largest absolute Gasteiger partial charge is 0.378 e. The van der Waals surface area contributed by atoms with E-state index in [0.717, 1.165) is 10.8 Å². The summed E-state index contributed by atoms with van der Waals surface area (Å²) in [6, 6.07) is 32.6. The fourth-order valence-corrected chi connectivity index (χ4v) is 6.58. The molecular formula is C32H20Cl2N2O4S2. The van der Waals surface area contributed by atoms with Crippen molar-refractivity contribution in [2.75, 3.05) is 4.90 Å². The van der Waals surface area contributed by atoms with Crippen LogP contribution in [0.4, 0.5) is 11.4 Å². The summed E-state index contributed by atoms with van der Waals surface area (Å²) in [6.07, 6.45) is 1.65. The molecule has 1 heterocycles. The van der Waals surface area contributed by atoms with Gasteiger partial charge in [0.1, 0.15) is 4.90 Å². The highest BCUT2D eigenvalue weighted by Crippen LogP contribution is 2.40. The molecule has 0 radical (unpaired) electrons. The number of fused-ring (bicyclic) bond motifs is 1. The molecule has 0 unspecified atom stereocenters. The highest BCUT2D eigenvalue weighted by molar-refractivity contribution is 8.19. The van der Waals surface area contributed by atoms with E-state index in [0.29, 0.717) is 37.1 Å². The van der Waals surface area contributed by atoms with Gasteiger partial charge in [-0.2, -0.15) is 8.42 Å². The first-order chi connectivity index (χ1) is 20.3. The van der Waals surface area contributed by atoms with E-state index in [1.54, 1.807) is 84.9 Å². The van der Waals surface area contributed by atoms with Gasteiger partial charge in [0.25, 0.3) is 5.91 Å². The molecule has 0 bridgehead atoms. The summed E-state index contributed by atoms with van der Waals surface area (Å²) in [7, 11) is -4.14. The number of aliphatic imine (C=N–C) groups is 1. The maximum absolute atomic E-state index is 13.9. The quantitative estimate of drug-likeness (QED) is 0.138. The van der Waals surface area contributed by atoms with E-state index >= 15 is 0 Å². The number of rotatable bonds is 6. The van der Waals surface area contributed by atoms with Gasteiger partial charge in [-0.1, -0.05) is 71.7 Å². The minimum atomic E-state index is -4.14. The van der Waals surface area contributed by atoms with Crippen LogP contribution in [0.2, 0.25) is 10.0 Å². The van der Waals surface area contributed by atoms with Crippen LogP contribution in [0.1, 0.15) is 5.56 Å². The van der Waals surface area contributed by atoms with E-state index < -0.39 is 10.1 Å². The second kappa shape index (κ2) is 11.7. The second-order valence-corrected chi connectivity index (χ2v) is 12.6. The number of hydrogen-bond donors (Lipinski definition) is 0. The summed E-state index contributed by atoms with van der Waals surface area (Å²) in [6.45, 7) is 0. The van der Waals surface area contributed by atoms with Gasteiger partial charge in [0.2, 0.25) is 0 Å². The Balaban J connectivity index is 1.48. The first kappa shape index (κ1) is 28.1. The SMILES string of the molecule is O=C1/C(=C/c2c(OS(=O)(=O)c3ccccc3)ccc3ccccc23)SC(=Nc2ccc(Cl)cc2)N1c1ccc(Cl)cc1. The van der Waals surface area contributed by atoms with Crippen molar-refractivity contribution >= 4 is 84.4 Å². The van der Waals surface area contributed by atoms with Crippen LogP contribution in [0.25, 0.3) is 16.8 Å². The molecule has 6 nitrogen and oxygen atoms in total. The van der Waals surface area contributed by atoms with E-state index in [9.17, 15) is 13.2 Å². The summed E-state index contributed by atoms with van der Waals surface area (Å²) >= 11 is 13.3. The third kappa shape index (κ3) is 5.80. The normalized spacial score (nSPS) is 15.6.